The summed E-state index contributed by atoms with van der Waals surface area (Å²) in [6.07, 6.45) is 2.07. The van der Waals surface area contributed by atoms with Gasteiger partial charge in [0.1, 0.15) is 0 Å². The first-order valence-corrected chi connectivity index (χ1v) is 7.33. The van der Waals surface area contributed by atoms with E-state index in [0.29, 0.717) is 6.54 Å². The quantitative estimate of drug-likeness (QED) is 0.692. The minimum atomic E-state index is -0.787. The number of amides is 3. The zero-order valence-corrected chi connectivity index (χ0v) is 12.9. The van der Waals surface area contributed by atoms with Crippen molar-refractivity contribution in [3.05, 3.63) is 0 Å². The van der Waals surface area contributed by atoms with Crippen molar-refractivity contribution in [2.24, 2.45) is 11.8 Å². The SMILES string of the molecule is CNC(=O)NC(=O)C(C)N1CCCC(C(C)CC(=O)O)C1. The van der Waals surface area contributed by atoms with Gasteiger partial charge >= 0.3 is 12.0 Å². The summed E-state index contributed by atoms with van der Waals surface area (Å²) in [5, 5.41) is 13.5. The Bertz CT molecular complexity index is 400. The van der Waals surface area contributed by atoms with Crippen LogP contribution in [-0.2, 0) is 9.59 Å². The second-order valence-electron chi connectivity index (χ2n) is 5.72. The molecule has 7 nitrogen and oxygen atoms in total. The maximum Gasteiger partial charge on any atom is 0.321 e. The van der Waals surface area contributed by atoms with E-state index in [-0.39, 0.29) is 24.2 Å². The summed E-state index contributed by atoms with van der Waals surface area (Å²) in [7, 11) is 1.46. The number of nitrogens with zero attached hydrogens (tertiary/aromatic N) is 1. The molecule has 21 heavy (non-hydrogen) atoms. The van der Waals surface area contributed by atoms with E-state index in [1.165, 1.54) is 7.05 Å². The summed E-state index contributed by atoms with van der Waals surface area (Å²) in [6.45, 7) is 5.19. The molecular formula is C14H25N3O4. The first-order chi connectivity index (χ1) is 9.85. The lowest BCUT2D eigenvalue weighted by Crippen LogP contribution is -2.52. The van der Waals surface area contributed by atoms with Gasteiger partial charge in [-0.1, -0.05) is 6.92 Å². The van der Waals surface area contributed by atoms with Crippen molar-refractivity contribution in [1.29, 1.82) is 0 Å². The highest BCUT2D eigenvalue weighted by molar-refractivity contribution is 5.96. The topological polar surface area (TPSA) is 98.7 Å². The van der Waals surface area contributed by atoms with Crippen molar-refractivity contribution >= 4 is 17.9 Å². The summed E-state index contributed by atoms with van der Waals surface area (Å²) in [6, 6.07) is -0.915. The Morgan fingerprint density at radius 3 is 2.57 bits per heavy atom. The first kappa shape index (κ1) is 17.4. The number of nitrogens with one attached hydrogen (secondary N) is 2. The fraction of sp³-hybridized carbons (Fsp3) is 0.786. The molecule has 1 aliphatic rings. The minimum absolute atomic E-state index is 0.0829. The number of carboxylic acids is 1. The number of urea groups is 1. The molecule has 0 aromatic heterocycles. The van der Waals surface area contributed by atoms with E-state index < -0.39 is 18.0 Å². The third-order valence-corrected chi connectivity index (χ3v) is 4.18. The Balaban J connectivity index is 2.56. The highest BCUT2D eigenvalue weighted by Gasteiger charge is 2.31. The summed E-state index contributed by atoms with van der Waals surface area (Å²) in [4.78, 5) is 36.0. The van der Waals surface area contributed by atoms with Crippen LogP contribution in [0, 0.1) is 11.8 Å². The predicted molar refractivity (Wildman–Crippen MR) is 77.8 cm³/mol. The first-order valence-electron chi connectivity index (χ1n) is 7.33. The lowest BCUT2D eigenvalue weighted by molar-refractivity contribution is -0.138. The highest BCUT2D eigenvalue weighted by Crippen LogP contribution is 2.27. The Kier molecular flexibility index (Phi) is 6.61. The van der Waals surface area contributed by atoms with Gasteiger partial charge < -0.3 is 10.4 Å². The molecule has 1 rings (SSSR count). The van der Waals surface area contributed by atoms with Gasteiger partial charge in [-0.2, -0.15) is 0 Å². The van der Waals surface area contributed by atoms with Gasteiger partial charge in [-0.25, -0.2) is 4.79 Å². The van der Waals surface area contributed by atoms with Crippen molar-refractivity contribution in [2.75, 3.05) is 20.1 Å². The van der Waals surface area contributed by atoms with E-state index in [0.717, 1.165) is 19.4 Å². The van der Waals surface area contributed by atoms with E-state index in [2.05, 4.69) is 10.6 Å². The van der Waals surface area contributed by atoms with Gasteiger partial charge in [-0.15, -0.1) is 0 Å². The number of aliphatic carboxylic acids is 1. The van der Waals surface area contributed by atoms with Crippen LogP contribution in [0.25, 0.3) is 0 Å². The van der Waals surface area contributed by atoms with Crippen LogP contribution in [0.2, 0.25) is 0 Å². The second kappa shape index (κ2) is 7.97. The zero-order chi connectivity index (χ0) is 16.0. The van der Waals surface area contributed by atoms with Crippen LogP contribution in [0.1, 0.15) is 33.1 Å². The van der Waals surface area contributed by atoms with E-state index in [9.17, 15) is 14.4 Å². The molecule has 1 saturated heterocycles. The van der Waals surface area contributed by atoms with Gasteiger partial charge in [-0.3, -0.25) is 19.8 Å². The van der Waals surface area contributed by atoms with Gasteiger partial charge in [0, 0.05) is 20.0 Å². The van der Waals surface area contributed by atoms with E-state index in [4.69, 9.17) is 5.11 Å². The summed E-state index contributed by atoms with van der Waals surface area (Å²) in [5.41, 5.74) is 0. The van der Waals surface area contributed by atoms with Crippen molar-refractivity contribution in [2.45, 2.75) is 39.2 Å². The van der Waals surface area contributed by atoms with E-state index in [1.807, 2.05) is 11.8 Å². The molecule has 3 amide bonds. The predicted octanol–water partition coefficient (Wildman–Crippen LogP) is 0.653. The number of carbonyl (C=O) groups excluding carboxylic acids is 2. The van der Waals surface area contributed by atoms with Crippen molar-refractivity contribution < 1.29 is 19.5 Å². The minimum Gasteiger partial charge on any atom is -0.481 e. The summed E-state index contributed by atoms with van der Waals surface area (Å²) in [5.74, 6) is -0.768. The van der Waals surface area contributed by atoms with Crippen LogP contribution < -0.4 is 10.6 Å². The maximum absolute atomic E-state index is 12.0. The number of hydrogen-bond donors (Lipinski definition) is 3. The van der Waals surface area contributed by atoms with Crippen molar-refractivity contribution in [1.82, 2.24) is 15.5 Å². The van der Waals surface area contributed by atoms with Crippen molar-refractivity contribution in [3.63, 3.8) is 0 Å². The number of rotatable bonds is 5. The molecule has 3 atom stereocenters. The summed E-state index contributed by atoms with van der Waals surface area (Å²) < 4.78 is 0. The molecule has 1 fully saturated rings. The molecule has 0 aromatic rings. The van der Waals surface area contributed by atoms with Crippen molar-refractivity contribution in [3.8, 4) is 0 Å². The molecule has 0 aromatic carbocycles. The van der Waals surface area contributed by atoms with Crippen LogP contribution in [0.4, 0.5) is 4.79 Å². The third-order valence-electron chi connectivity index (χ3n) is 4.18. The molecular weight excluding hydrogens is 274 g/mol. The molecule has 3 N–H and O–H groups in total. The Labute approximate surface area is 125 Å². The van der Waals surface area contributed by atoms with Gasteiger partial charge in [0.2, 0.25) is 5.91 Å². The molecule has 0 aliphatic carbocycles. The van der Waals surface area contributed by atoms with Crippen LogP contribution in [0.3, 0.4) is 0 Å². The van der Waals surface area contributed by atoms with Gasteiger partial charge in [0.15, 0.2) is 0 Å². The number of imide groups is 1. The zero-order valence-electron chi connectivity index (χ0n) is 12.9. The van der Waals surface area contributed by atoms with Crippen LogP contribution in [0.15, 0.2) is 0 Å². The molecule has 3 unspecified atom stereocenters. The van der Waals surface area contributed by atoms with Gasteiger partial charge in [0.05, 0.1) is 6.04 Å². The maximum atomic E-state index is 12.0. The molecule has 1 aliphatic heterocycles. The fourth-order valence-corrected chi connectivity index (χ4v) is 2.74. The van der Waals surface area contributed by atoms with Crippen LogP contribution >= 0.6 is 0 Å². The largest absolute Gasteiger partial charge is 0.481 e. The number of likely N-dealkylation sites (tertiary alicyclic amines) is 1. The molecule has 0 radical (unpaired) electrons. The van der Waals surface area contributed by atoms with E-state index >= 15 is 0 Å². The molecule has 0 bridgehead atoms. The standard InChI is InChI=1S/C14H25N3O4/c1-9(7-12(18)19)11-5-4-6-17(8-11)10(2)13(20)16-14(21)15-3/h9-11H,4-8H2,1-3H3,(H,18,19)(H2,15,16,20,21). The lowest BCUT2D eigenvalue weighted by atomic mass is 9.84. The average molecular weight is 299 g/mol. The number of hydrogen-bond acceptors (Lipinski definition) is 4. The van der Waals surface area contributed by atoms with Crippen LogP contribution in [-0.4, -0.2) is 54.1 Å². The average Bonchev–Trinajstić information content (AvgIpc) is 2.45. The number of carbonyl (C=O) groups is 3. The summed E-state index contributed by atoms with van der Waals surface area (Å²) >= 11 is 0. The molecule has 0 spiro atoms. The third kappa shape index (κ3) is 5.34. The van der Waals surface area contributed by atoms with Gasteiger partial charge in [0.25, 0.3) is 0 Å². The Morgan fingerprint density at radius 1 is 1.33 bits per heavy atom. The second-order valence-corrected chi connectivity index (χ2v) is 5.72. The smallest absolute Gasteiger partial charge is 0.321 e. The normalized spacial score (nSPS) is 22.1. The molecule has 0 saturated carbocycles. The molecule has 7 heteroatoms. The van der Waals surface area contributed by atoms with E-state index in [1.54, 1.807) is 6.92 Å². The molecule has 1 heterocycles. The Hall–Kier alpha value is -1.63. The fourth-order valence-electron chi connectivity index (χ4n) is 2.74. The Morgan fingerprint density at radius 2 is 2.00 bits per heavy atom. The monoisotopic (exact) mass is 299 g/mol. The lowest BCUT2D eigenvalue weighted by Gasteiger charge is -2.38. The number of piperidine rings is 1. The number of carboxylic acid groups (broad SMARTS) is 1. The van der Waals surface area contributed by atoms with Crippen LogP contribution in [0.5, 0.6) is 0 Å². The molecule has 120 valence electrons. The van der Waals surface area contributed by atoms with Gasteiger partial charge in [-0.05, 0) is 38.1 Å². The highest BCUT2D eigenvalue weighted by atomic mass is 16.4.